The van der Waals surface area contributed by atoms with Gasteiger partial charge in [0.25, 0.3) is 0 Å². The molecule has 0 rings (SSSR count). The molecule has 0 fully saturated rings. The molecule has 0 radical (unpaired) electrons. The summed E-state index contributed by atoms with van der Waals surface area (Å²) in [5, 5.41) is 30.0. The maximum Gasteiger partial charge on any atom is 0.472 e. The molecular weight excluding hydrogens is 890 g/mol. The molecule has 0 saturated carbocycles. The smallest absolute Gasteiger partial charge is 0.463 e. The molecule has 0 aliphatic rings. The second-order valence-electron chi connectivity index (χ2n) is 16.8. The van der Waals surface area contributed by atoms with E-state index in [9.17, 15) is 43.8 Å². The van der Waals surface area contributed by atoms with E-state index in [1.807, 2.05) is 12.2 Å². The van der Waals surface area contributed by atoms with Crippen LogP contribution in [0.2, 0.25) is 0 Å². The summed E-state index contributed by atoms with van der Waals surface area (Å²) in [4.78, 5) is 43.8. The van der Waals surface area contributed by atoms with E-state index in [2.05, 4.69) is 68.4 Å². The van der Waals surface area contributed by atoms with Gasteiger partial charge in [0.1, 0.15) is 31.5 Å². The molecule has 386 valence electrons. The van der Waals surface area contributed by atoms with Crippen LogP contribution in [0.4, 0.5) is 0 Å². The fraction of sp³-hybridized carbons (Fsp3) is 0.796. The molecular formula is C49H90O15P2. The first-order chi connectivity index (χ1) is 31.8. The number of phosphoric acid groups is 2. The highest BCUT2D eigenvalue weighted by Gasteiger charge is 2.28. The molecule has 66 heavy (non-hydrogen) atoms. The lowest BCUT2D eigenvalue weighted by atomic mass is 10.0. The van der Waals surface area contributed by atoms with Crippen LogP contribution in [0.5, 0.6) is 0 Å². The molecule has 0 aliphatic heterocycles. The molecule has 0 aromatic carbocycles. The first-order valence-electron chi connectivity index (χ1n) is 25.0. The second-order valence-corrected chi connectivity index (χ2v) is 19.7. The summed E-state index contributed by atoms with van der Waals surface area (Å²) in [5.41, 5.74) is 0. The Morgan fingerprint density at radius 2 is 0.667 bits per heavy atom. The normalized spacial score (nSPS) is 15.4. The number of carbonyl (C=O) groups is 2. The Hall–Kier alpha value is -2.00. The minimum Gasteiger partial charge on any atom is -0.463 e. The summed E-state index contributed by atoms with van der Waals surface area (Å²) in [7, 11) is -9.59. The molecule has 15 nitrogen and oxygen atoms in total. The standard InChI is InChI=1S/C49H90O15P2/c1-3-5-7-9-11-13-15-17-19-21-23-25-27-29-31-33-35-37-48(53)59-39-45(50)41-61-65(55,56)63-43-47(52)44-64-66(57,58)62-42-46(51)40-60-49(54)38-36-34-32-30-28-26-24-22-20-18-16-14-12-10-8-6-4-2/h11,13,17,19,23,25,29,31,45-47,50-52H,3-10,12,14-16,18,20-22,24,26-28,30,32-44H2,1-2H3,(H,55,56)(H,57,58)/b13-11-,19-17-,25-23-,31-29-. The number of aliphatic hydroxyl groups is 3. The summed E-state index contributed by atoms with van der Waals surface area (Å²) in [5.74, 6) is -1.05. The minimum absolute atomic E-state index is 0.120. The van der Waals surface area contributed by atoms with Crippen molar-refractivity contribution in [2.45, 2.75) is 212 Å². The van der Waals surface area contributed by atoms with E-state index < -0.39 is 85.5 Å². The molecule has 0 spiro atoms. The Morgan fingerprint density at radius 1 is 0.394 bits per heavy atom. The fourth-order valence-corrected chi connectivity index (χ4v) is 7.97. The van der Waals surface area contributed by atoms with Crippen LogP contribution in [0.1, 0.15) is 194 Å². The maximum atomic E-state index is 12.2. The highest BCUT2D eigenvalue weighted by molar-refractivity contribution is 7.47. The van der Waals surface area contributed by atoms with Crippen molar-refractivity contribution in [3.8, 4) is 0 Å². The van der Waals surface area contributed by atoms with E-state index in [1.165, 1.54) is 103 Å². The SMILES string of the molecule is CCCCC/C=C\C/C=C\C/C=C\C/C=C\CCCC(=O)OCC(O)COP(=O)(O)OCC(O)COP(=O)(O)OCC(O)COC(=O)CCCCCCCCCCCCCCCCCCC. The third-order valence-electron chi connectivity index (χ3n) is 10.3. The van der Waals surface area contributed by atoms with E-state index in [4.69, 9.17) is 9.47 Å². The van der Waals surface area contributed by atoms with Crippen molar-refractivity contribution in [3.63, 3.8) is 0 Å². The lowest BCUT2D eigenvalue weighted by Gasteiger charge is -2.19. The number of hydrogen-bond donors (Lipinski definition) is 5. The number of hydrogen-bond acceptors (Lipinski definition) is 13. The number of esters is 2. The van der Waals surface area contributed by atoms with Crippen LogP contribution >= 0.6 is 15.6 Å². The summed E-state index contributed by atoms with van der Waals surface area (Å²) in [6, 6.07) is 0. The van der Waals surface area contributed by atoms with Gasteiger partial charge in [-0.3, -0.25) is 27.7 Å². The van der Waals surface area contributed by atoms with E-state index in [1.54, 1.807) is 0 Å². The molecule has 0 heterocycles. The first kappa shape index (κ1) is 64.0. The number of allylic oxidation sites excluding steroid dienone is 8. The van der Waals surface area contributed by atoms with Gasteiger partial charge in [0.15, 0.2) is 0 Å². The van der Waals surface area contributed by atoms with Crippen LogP contribution in [-0.4, -0.2) is 95.0 Å². The predicted octanol–water partition coefficient (Wildman–Crippen LogP) is 11.6. The second kappa shape index (κ2) is 45.4. The third kappa shape index (κ3) is 47.1. The van der Waals surface area contributed by atoms with Gasteiger partial charge in [-0.05, 0) is 51.4 Å². The molecule has 0 aromatic heterocycles. The van der Waals surface area contributed by atoms with Crippen LogP contribution in [0, 0.1) is 0 Å². The van der Waals surface area contributed by atoms with Crippen molar-refractivity contribution in [1.82, 2.24) is 0 Å². The molecule has 17 heteroatoms. The van der Waals surface area contributed by atoms with E-state index in [0.717, 1.165) is 44.9 Å². The third-order valence-corrected chi connectivity index (χ3v) is 12.2. The Labute approximate surface area is 398 Å². The molecule has 0 aromatic rings. The van der Waals surface area contributed by atoms with Gasteiger partial charge in [-0.25, -0.2) is 9.13 Å². The zero-order valence-corrected chi connectivity index (χ0v) is 42.4. The van der Waals surface area contributed by atoms with Crippen LogP contribution < -0.4 is 0 Å². The largest absolute Gasteiger partial charge is 0.472 e. The highest BCUT2D eigenvalue weighted by Crippen LogP contribution is 2.45. The van der Waals surface area contributed by atoms with Gasteiger partial charge in [-0.2, -0.15) is 0 Å². The minimum atomic E-state index is -4.80. The van der Waals surface area contributed by atoms with Crippen LogP contribution in [-0.2, 0) is 46.3 Å². The van der Waals surface area contributed by atoms with Gasteiger partial charge in [-0.15, -0.1) is 0 Å². The van der Waals surface area contributed by atoms with E-state index in [-0.39, 0.29) is 12.8 Å². The number of phosphoric ester groups is 2. The van der Waals surface area contributed by atoms with E-state index in [0.29, 0.717) is 19.3 Å². The zero-order chi connectivity index (χ0) is 48.8. The molecule has 0 aliphatic carbocycles. The summed E-state index contributed by atoms with van der Waals surface area (Å²) in [6.45, 7) is 0.346. The van der Waals surface area contributed by atoms with Gasteiger partial charge >= 0.3 is 27.6 Å². The quantitative estimate of drug-likeness (QED) is 0.0165. The maximum absolute atomic E-state index is 12.2. The van der Waals surface area contributed by atoms with Crippen molar-refractivity contribution in [3.05, 3.63) is 48.6 Å². The van der Waals surface area contributed by atoms with Gasteiger partial charge < -0.3 is 34.6 Å². The Morgan fingerprint density at radius 3 is 1.03 bits per heavy atom. The van der Waals surface area contributed by atoms with Gasteiger partial charge in [0.2, 0.25) is 0 Å². The number of rotatable bonds is 48. The summed E-state index contributed by atoms with van der Waals surface area (Å²) < 4.78 is 53.0. The topological polar surface area (TPSA) is 225 Å². The molecule has 5 unspecified atom stereocenters. The van der Waals surface area contributed by atoms with Gasteiger partial charge in [-0.1, -0.05) is 178 Å². The number of aliphatic hydroxyl groups excluding tert-OH is 3. The molecule has 0 saturated heterocycles. The van der Waals surface area contributed by atoms with Crippen molar-refractivity contribution in [1.29, 1.82) is 0 Å². The monoisotopic (exact) mass is 981 g/mol. The van der Waals surface area contributed by atoms with Crippen molar-refractivity contribution >= 4 is 27.6 Å². The Balaban J connectivity index is 3.92. The number of ether oxygens (including phenoxy) is 2. The van der Waals surface area contributed by atoms with E-state index >= 15 is 0 Å². The molecule has 5 N–H and O–H groups in total. The summed E-state index contributed by atoms with van der Waals surface area (Å²) >= 11 is 0. The first-order valence-corrected chi connectivity index (χ1v) is 28.0. The molecule has 0 bridgehead atoms. The van der Waals surface area contributed by atoms with Crippen LogP contribution in [0.25, 0.3) is 0 Å². The van der Waals surface area contributed by atoms with Crippen molar-refractivity contribution in [2.75, 3.05) is 39.6 Å². The lowest BCUT2D eigenvalue weighted by Crippen LogP contribution is -2.25. The number of carbonyl (C=O) groups excluding carboxylic acids is 2. The Kier molecular flexibility index (Phi) is 44.1. The number of unbranched alkanes of at least 4 members (excludes halogenated alkanes) is 20. The van der Waals surface area contributed by atoms with Crippen LogP contribution in [0.3, 0.4) is 0 Å². The summed E-state index contributed by atoms with van der Waals surface area (Å²) in [6.07, 6.45) is 42.5. The van der Waals surface area contributed by atoms with Crippen molar-refractivity contribution in [2.24, 2.45) is 0 Å². The highest BCUT2D eigenvalue weighted by atomic mass is 31.2. The predicted molar refractivity (Wildman–Crippen MR) is 261 cm³/mol. The van der Waals surface area contributed by atoms with Gasteiger partial charge in [0.05, 0.1) is 26.4 Å². The average Bonchev–Trinajstić information content (AvgIpc) is 3.29. The van der Waals surface area contributed by atoms with Crippen LogP contribution in [0.15, 0.2) is 48.6 Å². The fourth-order valence-electron chi connectivity index (χ4n) is 6.38. The van der Waals surface area contributed by atoms with Gasteiger partial charge in [0, 0.05) is 12.8 Å². The average molecular weight is 981 g/mol. The zero-order valence-electron chi connectivity index (χ0n) is 40.6. The lowest BCUT2D eigenvalue weighted by molar-refractivity contribution is -0.148. The van der Waals surface area contributed by atoms with Crippen molar-refractivity contribution < 1.29 is 71.4 Å². The Bertz CT molecular complexity index is 1370. The molecule has 5 atom stereocenters. The molecule has 0 amide bonds.